The molecule has 70 valence electrons. The summed E-state index contributed by atoms with van der Waals surface area (Å²) >= 11 is 8.94. The SMILES string of the molecule is O=C(O)[C@@H](Br)[C@H](Cl)c1ccccc1. The summed E-state index contributed by atoms with van der Waals surface area (Å²) in [5.74, 6) is -0.955. The summed E-state index contributed by atoms with van der Waals surface area (Å²) in [4.78, 5) is 9.83. The highest BCUT2D eigenvalue weighted by Gasteiger charge is 2.24. The molecule has 0 amide bonds. The van der Waals surface area contributed by atoms with Gasteiger partial charge in [0.25, 0.3) is 0 Å². The molecular weight excluding hydrogens is 255 g/mol. The molecule has 0 unspecified atom stereocenters. The van der Waals surface area contributed by atoms with Crippen molar-refractivity contribution < 1.29 is 9.90 Å². The molecule has 0 fully saturated rings. The molecule has 1 aromatic carbocycles. The summed E-state index contributed by atoms with van der Waals surface area (Å²) in [6.07, 6.45) is 0. The Bertz CT molecular complexity index is 289. The number of hydrogen-bond acceptors (Lipinski definition) is 1. The highest BCUT2D eigenvalue weighted by Crippen LogP contribution is 2.28. The maximum atomic E-state index is 10.6. The molecule has 0 spiro atoms. The van der Waals surface area contributed by atoms with Crippen LogP contribution in [0.3, 0.4) is 0 Å². The summed E-state index contributed by atoms with van der Waals surface area (Å²) in [5, 5.41) is 8.14. The summed E-state index contributed by atoms with van der Waals surface area (Å²) < 4.78 is 0. The van der Waals surface area contributed by atoms with Crippen LogP contribution >= 0.6 is 27.5 Å². The number of hydrogen-bond donors (Lipinski definition) is 1. The molecule has 2 atom stereocenters. The van der Waals surface area contributed by atoms with Crippen molar-refractivity contribution in [1.82, 2.24) is 0 Å². The summed E-state index contributed by atoms with van der Waals surface area (Å²) in [7, 11) is 0. The minimum absolute atomic E-state index is 0.543. The van der Waals surface area contributed by atoms with Gasteiger partial charge in [0, 0.05) is 0 Å². The van der Waals surface area contributed by atoms with E-state index >= 15 is 0 Å². The van der Waals surface area contributed by atoms with E-state index in [0.29, 0.717) is 0 Å². The first-order valence-electron chi connectivity index (χ1n) is 3.69. The largest absolute Gasteiger partial charge is 0.480 e. The van der Waals surface area contributed by atoms with Crippen molar-refractivity contribution >= 4 is 33.5 Å². The van der Waals surface area contributed by atoms with Crippen LogP contribution in [0.1, 0.15) is 10.9 Å². The Morgan fingerprint density at radius 3 is 2.38 bits per heavy atom. The Morgan fingerprint density at radius 1 is 1.38 bits per heavy atom. The first-order chi connectivity index (χ1) is 6.13. The minimum Gasteiger partial charge on any atom is -0.480 e. The molecule has 0 heterocycles. The Labute approximate surface area is 89.7 Å². The zero-order valence-electron chi connectivity index (χ0n) is 6.65. The first-order valence-corrected chi connectivity index (χ1v) is 5.04. The van der Waals surface area contributed by atoms with Crippen molar-refractivity contribution in [3.63, 3.8) is 0 Å². The van der Waals surface area contributed by atoms with Crippen LogP contribution in [0.4, 0.5) is 0 Å². The molecule has 0 aromatic heterocycles. The zero-order valence-corrected chi connectivity index (χ0v) is 8.99. The fourth-order valence-electron chi connectivity index (χ4n) is 0.931. The van der Waals surface area contributed by atoms with Crippen molar-refractivity contribution in [1.29, 1.82) is 0 Å². The van der Waals surface area contributed by atoms with Crippen molar-refractivity contribution in [2.24, 2.45) is 0 Å². The fraction of sp³-hybridized carbons (Fsp3) is 0.222. The molecule has 0 aliphatic carbocycles. The lowest BCUT2D eigenvalue weighted by Crippen LogP contribution is -2.18. The van der Waals surface area contributed by atoms with E-state index in [1.807, 2.05) is 18.2 Å². The average Bonchev–Trinajstić information content (AvgIpc) is 2.17. The van der Waals surface area contributed by atoms with Gasteiger partial charge in [-0.05, 0) is 5.56 Å². The van der Waals surface area contributed by atoms with Gasteiger partial charge in [-0.1, -0.05) is 46.3 Å². The molecule has 4 heteroatoms. The molecule has 0 radical (unpaired) electrons. The van der Waals surface area contributed by atoms with Crippen LogP contribution in [-0.2, 0) is 4.79 Å². The summed E-state index contributed by atoms with van der Waals surface area (Å²) in [6.45, 7) is 0. The van der Waals surface area contributed by atoms with E-state index < -0.39 is 16.2 Å². The minimum atomic E-state index is -0.955. The van der Waals surface area contributed by atoms with Gasteiger partial charge < -0.3 is 5.11 Å². The molecule has 0 saturated carbocycles. The maximum absolute atomic E-state index is 10.6. The standard InChI is InChI=1S/C9H8BrClO2/c10-7(9(12)13)8(11)6-4-2-1-3-5-6/h1-5,7-8H,(H,12,13)/t7-,8+/m0/s1. The molecule has 1 aromatic rings. The van der Waals surface area contributed by atoms with Crippen LogP contribution < -0.4 is 0 Å². The van der Waals surface area contributed by atoms with Crippen molar-refractivity contribution in [3.8, 4) is 0 Å². The lowest BCUT2D eigenvalue weighted by molar-refractivity contribution is -0.136. The first kappa shape index (κ1) is 10.5. The summed E-state index contributed by atoms with van der Waals surface area (Å²) in [5.41, 5.74) is 0.799. The van der Waals surface area contributed by atoms with Crippen LogP contribution in [0, 0.1) is 0 Å². The predicted octanol–water partition coefficient (Wildman–Crippen LogP) is 2.81. The number of halogens is 2. The lowest BCUT2D eigenvalue weighted by Gasteiger charge is -2.12. The molecule has 0 aliphatic heterocycles. The highest BCUT2D eigenvalue weighted by atomic mass is 79.9. The molecule has 0 saturated heterocycles. The Hall–Kier alpha value is -0.540. The number of carbonyl (C=O) groups is 1. The molecule has 0 aliphatic rings. The third-order valence-electron chi connectivity index (χ3n) is 1.61. The highest BCUT2D eigenvalue weighted by molar-refractivity contribution is 9.10. The van der Waals surface area contributed by atoms with Crippen LogP contribution in [-0.4, -0.2) is 15.9 Å². The van der Waals surface area contributed by atoms with Gasteiger partial charge in [0.1, 0.15) is 4.83 Å². The number of carboxylic acids is 1. The monoisotopic (exact) mass is 262 g/mol. The maximum Gasteiger partial charge on any atom is 0.319 e. The van der Waals surface area contributed by atoms with Crippen molar-refractivity contribution in [2.45, 2.75) is 10.2 Å². The topological polar surface area (TPSA) is 37.3 Å². The number of rotatable bonds is 3. The second-order valence-electron chi connectivity index (χ2n) is 2.55. The number of carboxylic acid groups (broad SMARTS) is 1. The van der Waals surface area contributed by atoms with Gasteiger partial charge in [0.05, 0.1) is 5.38 Å². The third kappa shape index (κ3) is 2.71. The van der Waals surface area contributed by atoms with Gasteiger partial charge in [0.15, 0.2) is 0 Å². The second kappa shape index (κ2) is 4.63. The Kier molecular flexibility index (Phi) is 3.75. The van der Waals surface area contributed by atoms with Gasteiger partial charge in [-0.2, -0.15) is 0 Å². The van der Waals surface area contributed by atoms with Gasteiger partial charge >= 0.3 is 5.97 Å². The normalized spacial score (nSPS) is 14.9. The third-order valence-corrected chi connectivity index (χ3v) is 3.34. The van der Waals surface area contributed by atoms with E-state index in [-0.39, 0.29) is 0 Å². The Morgan fingerprint density at radius 2 is 1.92 bits per heavy atom. The summed E-state index contributed by atoms with van der Waals surface area (Å²) in [6, 6.07) is 9.11. The van der Waals surface area contributed by atoms with Gasteiger partial charge in [-0.25, -0.2) is 0 Å². The average molecular weight is 264 g/mol. The van der Waals surface area contributed by atoms with E-state index in [1.165, 1.54) is 0 Å². The number of alkyl halides is 2. The smallest absolute Gasteiger partial charge is 0.319 e. The number of benzene rings is 1. The molecule has 2 nitrogen and oxygen atoms in total. The van der Waals surface area contributed by atoms with Crippen LogP contribution in [0.25, 0.3) is 0 Å². The molecule has 13 heavy (non-hydrogen) atoms. The molecule has 1 rings (SSSR count). The fourth-order valence-corrected chi connectivity index (χ4v) is 1.49. The van der Waals surface area contributed by atoms with Gasteiger partial charge in [0.2, 0.25) is 0 Å². The quantitative estimate of drug-likeness (QED) is 0.852. The molecule has 1 N–H and O–H groups in total. The zero-order chi connectivity index (χ0) is 9.84. The van der Waals surface area contributed by atoms with Gasteiger partial charge in [-0.15, -0.1) is 11.6 Å². The van der Waals surface area contributed by atoms with Crippen LogP contribution in [0.5, 0.6) is 0 Å². The van der Waals surface area contributed by atoms with Crippen LogP contribution in [0.2, 0.25) is 0 Å². The van der Waals surface area contributed by atoms with Crippen molar-refractivity contribution in [2.75, 3.05) is 0 Å². The second-order valence-corrected chi connectivity index (χ2v) is 4.01. The van der Waals surface area contributed by atoms with Gasteiger partial charge in [-0.3, -0.25) is 4.79 Å². The Balaban J connectivity index is 2.79. The van der Waals surface area contributed by atoms with E-state index in [4.69, 9.17) is 16.7 Å². The lowest BCUT2D eigenvalue weighted by atomic mass is 10.1. The van der Waals surface area contributed by atoms with Crippen LogP contribution in [0.15, 0.2) is 30.3 Å². The van der Waals surface area contributed by atoms with E-state index in [9.17, 15) is 4.79 Å². The van der Waals surface area contributed by atoms with Crippen molar-refractivity contribution in [3.05, 3.63) is 35.9 Å². The predicted molar refractivity (Wildman–Crippen MR) is 55.4 cm³/mol. The van der Waals surface area contributed by atoms with E-state index in [1.54, 1.807) is 12.1 Å². The molecule has 0 bridgehead atoms. The molecular formula is C9H8BrClO2. The van der Waals surface area contributed by atoms with E-state index in [0.717, 1.165) is 5.56 Å². The number of aliphatic carboxylic acids is 1. The van der Waals surface area contributed by atoms with E-state index in [2.05, 4.69) is 15.9 Å².